The summed E-state index contributed by atoms with van der Waals surface area (Å²) in [4.78, 5) is 27.3. The molecule has 0 unspecified atom stereocenters. The number of rotatable bonds is 7. The highest BCUT2D eigenvalue weighted by atomic mass is 16.5. The molecule has 1 N–H and O–H groups in total. The maximum Gasteiger partial charge on any atom is 0.354 e. The number of carbonyl (C=O) groups is 2. The van der Waals surface area contributed by atoms with Gasteiger partial charge in [0.15, 0.2) is 0 Å². The van der Waals surface area contributed by atoms with Crippen LogP contribution in [0, 0.1) is 0 Å². The number of ether oxygens (including phenoxy) is 1. The monoisotopic (exact) mass is 391 g/mol. The summed E-state index contributed by atoms with van der Waals surface area (Å²) < 4.78 is 7.35. The van der Waals surface area contributed by atoms with E-state index in [9.17, 15) is 9.59 Å². The van der Waals surface area contributed by atoms with Crippen LogP contribution in [0.1, 0.15) is 15.9 Å². The van der Waals surface area contributed by atoms with Crippen LogP contribution in [0.25, 0.3) is 17.0 Å². The molecular formula is C23H25N3O3. The molecule has 1 aromatic heterocycles. The van der Waals surface area contributed by atoms with E-state index in [0.717, 1.165) is 16.5 Å². The quantitative estimate of drug-likeness (QED) is 0.497. The second-order valence-electron chi connectivity index (χ2n) is 7.03. The van der Waals surface area contributed by atoms with E-state index in [1.54, 1.807) is 30.3 Å². The SMILES string of the molecule is CN(C)CCOC(=O)C(=Cc1cn(C)c2ccccc12)NC(=O)c1ccccc1. The van der Waals surface area contributed by atoms with Gasteiger partial charge >= 0.3 is 5.97 Å². The zero-order valence-electron chi connectivity index (χ0n) is 16.9. The summed E-state index contributed by atoms with van der Waals surface area (Å²) in [6.07, 6.45) is 3.59. The fourth-order valence-electron chi connectivity index (χ4n) is 2.97. The second-order valence-corrected chi connectivity index (χ2v) is 7.03. The van der Waals surface area contributed by atoms with Gasteiger partial charge in [-0.15, -0.1) is 0 Å². The number of amides is 1. The molecule has 0 aliphatic heterocycles. The first-order valence-electron chi connectivity index (χ1n) is 9.39. The van der Waals surface area contributed by atoms with Crippen LogP contribution in [0.3, 0.4) is 0 Å². The summed E-state index contributed by atoms with van der Waals surface area (Å²) in [6, 6.07) is 16.7. The summed E-state index contributed by atoms with van der Waals surface area (Å²) in [5, 5.41) is 3.71. The lowest BCUT2D eigenvalue weighted by Crippen LogP contribution is -2.30. The first-order valence-corrected chi connectivity index (χ1v) is 9.39. The van der Waals surface area contributed by atoms with E-state index in [4.69, 9.17) is 4.74 Å². The topological polar surface area (TPSA) is 63.6 Å². The zero-order chi connectivity index (χ0) is 20.8. The van der Waals surface area contributed by atoms with Crippen LogP contribution in [0.4, 0.5) is 0 Å². The molecule has 3 rings (SSSR count). The van der Waals surface area contributed by atoms with Gasteiger partial charge in [-0.3, -0.25) is 4.79 Å². The molecule has 0 fully saturated rings. The van der Waals surface area contributed by atoms with Crippen molar-refractivity contribution < 1.29 is 14.3 Å². The lowest BCUT2D eigenvalue weighted by atomic mass is 10.1. The number of hydrogen-bond acceptors (Lipinski definition) is 4. The van der Waals surface area contributed by atoms with Crippen molar-refractivity contribution in [3.63, 3.8) is 0 Å². The van der Waals surface area contributed by atoms with E-state index in [-0.39, 0.29) is 18.2 Å². The molecule has 29 heavy (non-hydrogen) atoms. The number of nitrogens with one attached hydrogen (secondary N) is 1. The average Bonchev–Trinajstić information content (AvgIpc) is 3.03. The normalized spacial score (nSPS) is 11.7. The number of esters is 1. The summed E-state index contributed by atoms with van der Waals surface area (Å²) in [6.45, 7) is 0.833. The highest BCUT2D eigenvalue weighted by Gasteiger charge is 2.17. The molecule has 6 heteroatoms. The summed E-state index contributed by atoms with van der Waals surface area (Å²) in [7, 11) is 5.74. The Labute approximate surface area is 170 Å². The van der Waals surface area contributed by atoms with Gasteiger partial charge in [-0.25, -0.2) is 4.79 Å². The fraction of sp³-hybridized carbons (Fsp3) is 0.217. The van der Waals surface area contributed by atoms with Gasteiger partial charge in [0.25, 0.3) is 5.91 Å². The minimum absolute atomic E-state index is 0.106. The van der Waals surface area contributed by atoms with Crippen molar-refractivity contribution in [2.75, 3.05) is 27.2 Å². The molecule has 3 aromatic rings. The Kier molecular flexibility index (Phi) is 6.46. The third-order valence-corrected chi connectivity index (χ3v) is 4.50. The second kappa shape index (κ2) is 9.21. The van der Waals surface area contributed by atoms with Crippen LogP contribution in [0.2, 0.25) is 0 Å². The Morgan fingerprint density at radius 2 is 1.76 bits per heavy atom. The summed E-state index contributed by atoms with van der Waals surface area (Å²) >= 11 is 0. The number of nitrogens with zero attached hydrogens (tertiary/aromatic N) is 2. The molecule has 0 spiro atoms. The molecule has 150 valence electrons. The minimum Gasteiger partial charge on any atom is -0.460 e. The number of benzene rings is 2. The van der Waals surface area contributed by atoms with Crippen molar-refractivity contribution in [1.29, 1.82) is 0 Å². The number of aromatic nitrogens is 1. The molecule has 0 radical (unpaired) electrons. The van der Waals surface area contributed by atoms with E-state index in [2.05, 4.69) is 5.32 Å². The lowest BCUT2D eigenvalue weighted by molar-refractivity contribution is -0.139. The van der Waals surface area contributed by atoms with Gasteiger partial charge in [0.2, 0.25) is 0 Å². The fourth-order valence-corrected chi connectivity index (χ4v) is 2.97. The standard InChI is InChI=1S/C23H25N3O3/c1-25(2)13-14-29-23(28)20(24-22(27)17-9-5-4-6-10-17)15-18-16-26(3)21-12-8-7-11-19(18)21/h4-12,15-16H,13-14H2,1-3H3,(H,24,27). The molecule has 1 amide bonds. The first kappa shape index (κ1) is 20.4. The lowest BCUT2D eigenvalue weighted by Gasteiger charge is -2.12. The number of aryl methyl sites for hydroxylation is 1. The van der Waals surface area contributed by atoms with Crippen molar-refractivity contribution >= 4 is 28.9 Å². The largest absolute Gasteiger partial charge is 0.460 e. The maximum absolute atomic E-state index is 12.7. The van der Waals surface area contributed by atoms with Crippen LogP contribution < -0.4 is 5.32 Å². The van der Waals surface area contributed by atoms with E-state index in [1.807, 2.05) is 67.1 Å². The van der Waals surface area contributed by atoms with Crippen molar-refractivity contribution in [1.82, 2.24) is 14.8 Å². The average molecular weight is 391 g/mol. The first-order chi connectivity index (χ1) is 14.0. The molecule has 2 aromatic carbocycles. The van der Waals surface area contributed by atoms with Gasteiger partial charge < -0.3 is 19.5 Å². The van der Waals surface area contributed by atoms with Crippen LogP contribution in [0.15, 0.2) is 66.5 Å². The maximum atomic E-state index is 12.7. The van der Waals surface area contributed by atoms with Crippen molar-refractivity contribution in [3.8, 4) is 0 Å². The Hall–Kier alpha value is -3.38. The van der Waals surface area contributed by atoms with Crippen LogP contribution in [-0.4, -0.2) is 48.6 Å². The molecule has 0 aliphatic rings. The predicted octanol–water partition coefficient (Wildman–Crippen LogP) is 3.05. The zero-order valence-corrected chi connectivity index (χ0v) is 16.9. The number of fused-ring (bicyclic) bond motifs is 1. The molecule has 0 atom stereocenters. The van der Waals surface area contributed by atoms with Crippen molar-refractivity contribution in [2.45, 2.75) is 0 Å². The molecular weight excluding hydrogens is 366 g/mol. The molecule has 1 heterocycles. The molecule has 6 nitrogen and oxygen atoms in total. The third-order valence-electron chi connectivity index (χ3n) is 4.50. The van der Waals surface area contributed by atoms with Gasteiger partial charge in [0.1, 0.15) is 12.3 Å². The van der Waals surface area contributed by atoms with Gasteiger partial charge in [-0.1, -0.05) is 36.4 Å². The van der Waals surface area contributed by atoms with Crippen LogP contribution >= 0.6 is 0 Å². The van der Waals surface area contributed by atoms with Crippen LogP contribution in [0.5, 0.6) is 0 Å². The van der Waals surface area contributed by atoms with Crippen LogP contribution in [-0.2, 0) is 16.6 Å². The summed E-state index contributed by atoms with van der Waals surface area (Å²) in [5.41, 5.74) is 2.44. The Balaban J connectivity index is 1.92. The predicted molar refractivity (Wildman–Crippen MR) is 114 cm³/mol. The molecule has 0 saturated heterocycles. The van der Waals surface area contributed by atoms with Gasteiger partial charge in [-0.2, -0.15) is 0 Å². The number of carbonyl (C=O) groups excluding carboxylic acids is 2. The van der Waals surface area contributed by atoms with Gasteiger partial charge in [0.05, 0.1) is 0 Å². The molecule has 0 bridgehead atoms. The van der Waals surface area contributed by atoms with E-state index in [0.29, 0.717) is 12.1 Å². The van der Waals surface area contributed by atoms with Gasteiger partial charge in [-0.05, 0) is 38.4 Å². The Morgan fingerprint density at radius 3 is 2.48 bits per heavy atom. The third kappa shape index (κ3) is 5.12. The highest BCUT2D eigenvalue weighted by molar-refractivity contribution is 6.04. The Morgan fingerprint density at radius 1 is 1.07 bits per heavy atom. The molecule has 0 saturated carbocycles. The Bertz CT molecular complexity index is 1040. The van der Waals surface area contributed by atoms with E-state index < -0.39 is 5.97 Å². The number of para-hydroxylation sites is 1. The number of likely N-dealkylation sites (N-methyl/N-ethyl adjacent to an activating group) is 1. The van der Waals surface area contributed by atoms with Gasteiger partial charge in [0, 0.05) is 41.8 Å². The molecule has 0 aliphatic carbocycles. The minimum atomic E-state index is -0.566. The van der Waals surface area contributed by atoms with Crippen molar-refractivity contribution in [3.05, 3.63) is 77.6 Å². The smallest absolute Gasteiger partial charge is 0.354 e. The number of hydrogen-bond donors (Lipinski definition) is 1. The van der Waals surface area contributed by atoms with E-state index in [1.165, 1.54) is 0 Å². The van der Waals surface area contributed by atoms with Crippen molar-refractivity contribution in [2.24, 2.45) is 7.05 Å². The highest BCUT2D eigenvalue weighted by Crippen LogP contribution is 2.22. The van der Waals surface area contributed by atoms with E-state index >= 15 is 0 Å². The summed E-state index contributed by atoms with van der Waals surface area (Å²) in [5.74, 6) is -0.925.